The number of nitrogens with one attached hydrogen (secondary N) is 1. The Bertz CT molecular complexity index is 758. The smallest absolute Gasteiger partial charge is 0.253 e. The van der Waals surface area contributed by atoms with Crippen LogP contribution < -0.4 is 5.32 Å². The van der Waals surface area contributed by atoms with Crippen LogP contribution in [0.25, 0.3) is 0 Å². The van der Waals surface area contributed by atoms with Crippen molar-refractivity contribution < 1.29 is 13.2 Å². The van der Waals surface area contributed by atoms with Gasteiger partial charge in [-0.3, -0.25) is 4.79 Å². The highest BCUT2D eigenvalue weighted by Crippen LogP contribution is 2.27. The molecule has 158 valence electrons. The van der Waals surface area contributed by atoms with Crippen LogP contribution in [-0.4, -0.2) is 62.8 Å². The Hall–Kier alpha value is -1.15. The van der Waals surface area contributed by atoms with Crippen LogP contribution in [0.15, 0.2) is 29.2 Å². The van der Waals surface area contributed by atoms with Gasteiger partial charge in [-0.15, -0.1) is 12.4 Å². The Morgan fingerprint density at radius 2 is 1.75 bits per heavy atom. The normalized spacial score (nSPS) is 19.5. The highest BCUT2D eigenvalue weighted by molar-refractivity contribution is 7.89. The molecule has 0 unspecified atom stereocenters. The lowest BCUT2D eigenvalue weighted by Gasteiger charge is -2.32. The van der Waals surface area contributed by atoms with E-state index < -0.39 is 10.0 Å². The molecular formula is C20H32ClN3O3S. The molecule has 1 aromatic rings. The summed E-state index contributed by atoms with van der Waals surface area (Å²) in [6, 6.07) is 7.04. The van der Waals surface area contributed by atoms with E-state index in [0.717, 1.165) is 38.5 Å². The average molecular weight is 430 g/mol. The molecule has 8 heteroatoms. The molecule has 1 saturated heterocycles. The Kier molecular flexibility index (Phi) is 8.30. The van der Waals surface area contributed by atoms with Gasteiger partial charge < -0.3 is 10.2 Å². The standard InChI is InChI=1S/C20H31N3O3S.ClH/c1-21-17-11-13-23(14-12-17)20(24)16-7-6-10-19(15-16)27(25,26)22(2)18-8-4-3-5-9-18;/h6-7,10,15,17-18,21H,3-5,8-9,11-14H2,1-2H3;1H. The van der Waals surface area contributed by atoms with E-state index in [0.29, 0.717) is 24.7 Å². The Balaban J connectivity index is 0.00000280. The summed E-state index contributed by atoms with van der Waals surface area (Å²) >= 11 is 0. The Labute approximate surface area is 175 Å². The minimum absolute atomic E-state index is 0. The second-order valence-electron chi connectivity index (χ2n) is 7.70. The maximum Gasteiger partial charge on any atom is 0.253 e. The van der Waals surface area contributed by atoms with Crippen molar-refractivity contribution in [3.05, 3.63) is 29.8 Å². The summed E-state index contributed by atoms with van der Waals surface area (Å²) in [6.45, 7) is 1.40. The van der Waals surface area contributed by atoms with Crippen LogP contribution >= 0.6 is 12.4 Å². The van der Waals surface area contributed by atoms with Gasteiger partial charge in [-0.1, -0.05) is 25.3 Å². The van der Waals surface area contributed by atoms with E-state index in [9.17, 15) is 13.2 Å². The third-order valence-electron chi connectivity index (χ3n) is 6.04. The third-order valence-corrected chi connectivity index (χ3v) is 7.94. The topological polar surface area (TPSA) is 69.7 Å². The lowest BCUT2D eigenvalue weighted by molar-refractivity contribution is 0.0707. The molecule has 0 bridgehead atoms. The first-order chi connectivity index (χ1) is 12.9. The van der Waals surface area contributed by atoms with Crippen LogP contribution in [0, 0.1) is 0 Å². The monoisotopic (exact) mass is 429 g/mol. The number of nitrogens with zero attached hydrogens (tertiary/aromatic N) is 2. The van der Waals surface area contributed by atoms with Crippen molar-refractivity contribution in [2.45, 2.75) is 61.9 Å². The van der Waals surface area contributed by atoms with Crippen molar-refractivity contribution in [1.29, 1.82) is 0 Å². The van der Waals surface area contributed by atoms with Crippen molar-refractivity contribution in [3.63, 3.8) is 0 Å². The number of amides is 1. The quantitative estimate of drug-likeness (QED) is 0.781. The van der Waals surface area contributed by atoms with Gasteiger partial charge in [-0.25, -0.2) is 8.42 Å². The summed E-state index contributed by atoms with van der Waals surface area (Å²) in [7, 11) is 0.0272. The Morgan fingerprint density at radius 1 is 1.11 bits per heavy atom. The number of halogens is 1. The molecule has 1 N–H and O–H groups in total. The van der Waals surface area contributed by atoms with E-state index in [2.05, 4.69) is 5.32 Å². The molecule has 0 spiro atoms. The van der Waals surface area contributed by atoms with Crippen LogP contribution in [0.1, 0.15) is 55.3 Å². The van der Waals surface area contributed by atoms with Gasteiger partial charge >= 0.3 is 0 Å². The lowest BCUT2D eigenvalue weighted by Crippen LogP contribution is -2.44. The summed E-state index contributed by atoms with van der Waals surface area (Å²) in [5.74, 6) is -0.0816. The molecule has 3 rings (SSSR count). The van der Waals surface area contributed by atoms with E-state index in [1.54, 1.807) is 31.3 Å². The first-order valence-electron chi connectivity index (χ1n) is 9.98. The van der Waals surface area contributed by atoms with Crippen LogP contribution in [0.5, 0.6) is 0 Å². The molecule has 2 fully saturated rings. The average Bonchev–Trinajstić information content (AvgIpc) is 2.73. The van der Waals surface area contributed by atoms with E-state index in [-0.39, 0.29) is 29.3 Å². The first kappa shape index (κ1) is 23.1. The molecular weight excluding hydrogens is 398 g/mol. The second kappa shape index (κ2) is 10.1. The number of carbonyl (C=O) groups is 1. The number of rotatable bonds is 5. The fraction of sp³-hybridized carbons (Fsp3) is 0.650. The van der Waals surface area contributed by atoms with Gasteiger partial charge in [0.25, 0.3) is 5.91 Å². The van der Waals surface area contributed by atoms with Gasteiger partial charge in [-0.2, -0.15) is 4.31 Å². The number of hydrogen-bond donors (Lipinski definition) is 1. The highest BCUT2D eigenvalue weighted by atomic mass is 35.5. The molecule has 1 aliphatic carbocycles. The van der Waals surface area contributed by atoms with Gasteiger partial charge in [0.2, 0.25) is 10.0 Å². The molecule has 1 aromatic carbocycles. The SMILES string of the molecule is CNC1CCN(C(=O)c2cccc(S(=O)(=O)N(C)C3CCCCC3)c2)CC1.Cl. The molecule has 0 aromatic heterocycles. The molecule has 1 amide bonds. The fourth-order valence-corrected chi connectivity index (χ4v) is 5.61. The summed E-state index contributed by atoms with van der Waals surface area (Å²) in [5.41, 5.74) is 0.455. The van der Waals surface area contributed by atoms with Crippen LogP contribution in [0.4, 0.5) is 0 Å². The van der Waals surface area contributed by atoms with E-state index >= 15 is 0 Å². The maximum absolute atomic E-state index is 13.1. The minimum atomic E-state index is -3.59. The van der Waals surface area contributed by atoms with Crippen molar-refractivity contribution in [2.24, 2.45) is 0 Å². The van der Waals surface area contributed by atoms with Crippen LogP contribution in [0.3, 0.4) is 0 Å². The Morgan fingerprint density at radius 3 is 2.36 bits per heavy atom. The number of likely N-dealkylation sites (tertiary alicyclic amines) is 1. The van der Waals surface area contributed by atoms with Gasteiger partial charge in [-0.05, 0) is 50.9 Å². The lowest BCUT2D eigenvalue weighted by atomic mass is 9.96. The van der Waals surface area contributed by atoms with Crippen LogP contribution in [-0.2, 0) is 10.0 Å². The second-order valence-corrected chi connectivity index (χ2v) is 9.69. The third kappa shape index (κ3) is 5.06. The predicted molar refractivity (Wildman–Crippen MR) is 113 cm³/mol. The largest absolute Gasteiger partial charge is 0.339 e. The molecule has 28 heavy (non-hydrogen) atoms. The molecule has 1 saturated carbocycles. The van der Waals surface area contributed by atoms with E-state index in [1.165, 1.54) is 10.7 Å². The first-order valence-corrected chi connectivity index (χ1v) is 11.4. The summed E-state index contributed by atoms with van der Waals surface area (Å²) in [4.78, 5) is 14.9. The summed E-state index contributed by atoms with van der Waals surface area (Å²) in [5, 5.41) is 3.25. The van der Waals surface area contributed by atoms with Crippen molar-refractivity contribution >= 4 is 28.3 Å². The molecule has 0 radical (unpaired) electrons. The van der Waals surface area contributed by atoms with Crippen molar-refractivity contribution in [3.8, 4) is 0 Å². The number of piperidine rings is 1. The number of benzene rings is 1. The van der Waals surface area contributed by atoms with Crippen molar-refractivity contribution in [1.82, 2.24) is 14.5 Å². The zero-order chi connectivity index (χ0) is 19.4. The molecule has 0 atom stereocenters. The fourth-order valence-electron chi connectivity index (χ4n) is 4.15. The van der Waals surface area contributed by atoms with Gasteiger partial charge in [0.15, 0.2) is 0 Å². The van der Waals surface area contributed by atoms with E-state index in [1.807, 2.05) is 11.9 Å². The van der Waals surface area contributed by atoms with Gasteiger partial charge in [0.05, 0.1) is 4.90 Å². The maximum atomic E-state index is 13.1. The zero-order valence-corrected chi connectivity index (χ0v) is 18.4. The summed E-state index contributed by atoms with van der Waals surface area (Å²) in [6.07, 6.45) is 6.99. The van der Waals surface area contributed by atoms with Gasteiger partial charge in [0, 0.05) is 37.8 Å². The predicted octanol–water partition coefficient (Wildman–Crippen LogP) is 2.89. The van der Waals surface area contributed by atoms with E-state index in [4.69, 9.17) is 0 Å². The number of hydrogen-bond acceptors (Lipinski definition) is 4. The zero-order valence-electron chi connectivity index (χ0n) is 16.8. The van der Waals surface area contributed by atoms with Gasteiger partial charge in [0.1, 0.15) is 0 Å². The number of sulfonamides is 1. The van der Waals surface area contributed by atoms with Crippen LogP contribution in [0.2, 0.25) is 0 Å². The molecule has 1 aliphatic heterocycles. The number of carbonyl (C=O) groups excluding carboxylic acids is 1. The van der Waals surface area contributed by atoms with Crippen molar-refractivity contribution in [2.75, 3.05) is 27.2 Å². The molecule has 1 heterocycles. The highest BCUT2D eigenvalue weighted by Gasteiger charge is 2.30. The molecule has 2 aliphatic rings. The summed E-state index contributed by atoms with van der Waals surface area (Å²) < 4.78 is 27.6. The minimum Gasteiger partial charge on any atom is -0.339 e. The molecule has 6 nitrogen and oxygen atoms in total.